The third kappa shape index (κ3) is 1.70. The maximum atomic E-state index is 13.0. The SMILES string of the molecule is CCOC(=O)[C@@H]1[C@H]2CC[C@H](CC2=O)[C@]12C(=O)Nc1ccccc12. The first-order valence-corrected chi connectivity index (χ1v) is 8.21. The van der Waals surface area contributed by atoms with E-state index >= 15 is 0 Å². The molecule has 4 atom stereocenters. The highest BCUT2D eigenvalue weighted by atomic mass is 16.5. The van der Waals surface area contributed by atoms with Gasteiger partial charge in [0.1, 0.15) is 5.78 Å². The largest absolute Gasteiger partial charge is 0.466 e. The molecule has 3 fully saturated rings. The van der Waals surface area contributed by atoms with Crippen LogP contribution >= 0.6 is 0 Å². The second kappa shape index (κ2) is 4.91. The average Bonchev–Trinajstić information content (AvgIpc) is 2.82. The second-order valence-corrected chi connectivity index (χ2v) is 6.65. The first-order valence-electron chi connectivity index (χ1n) is 8.21. The van der Waals surface area contributed by atoms with Gasteiger partial charge in [0, 0.05) is 18.0 Å². The molecule has 1 amide bonds. The summed E-state index contributed by atoms with van der Waals surface area (Å²) < 4.78 is 5.26. The monoisotopic (exact) mass is 313 g/mol. The van der Waals surface area contributed by atoms with Crippen LogP contribution in [0, 0.1) is 17.8 Å². The van der Waals surface area contributed by atoms with Crippen LogP contribution in [-0.2, 0) is 24.5 Å². The smallest absolute Gasteiger partial charge is 0.311 e. The molecule has 1 heterocycles. The van der Waals surface area contributed by atoms with Crippen LogP contribution in [0.1, 0.15) is 31.7 Å². The molecule has 120 valence electrons. The molecule has 1 N–H and O–H groups in total. The van der Waals surface area contributed by atoms with Crippen LogP contribution in [0.3, 0.4) is 0 Å². The Balaban J connectivity index is 1.92. The highest BCUT2D eigenvalue weighted by molar-refractivity contribution is 6.11. The lowest BCUT2D eigenvalue weighted by Crippen LogP contribution is -2.62. The lowest BCUT2D eigenvalue weighted by molar-refractivity contribution is -0.168. The van der Waals surface area contributed by atoms with Gasteiger partial charge in [0.2, 0.25) is 5.91 Å². The molecule has 3 saturated carbocycles. The van der Waals surface area contributed by atoms with Crippen molar-refractivity contribution in [3.8, 4) is 0 Å². The summed E-state index contributed by atoms with van der Waals surface area (Å²) in [6, 6.07) is 7.51. The average molecular weight is 313 g/mol. The van der Waals surface area contributed by atoms with Crippen molar-refractivity contribution in [2.24, 2.45) is 17.8 Å². The quantitative estimate of drug-likeness (QED) is 0.848. The van der Waals surface area contributed by atoms with Crippen molar-refractivity contribution in [2.75, 3.05) is 11.9 Å². The van der Waals surface area contributed by atoms with Gasteiger partial charge >= 0.3 is 5.97 Å². The van der Waals surface area contributed by atoms with Crippen molar-refractivity contribution in [1.82, 2.24) is 0 Å². The molecule has 5 heteroatoms. The highest BCUT2D eigenvalue weighted by Gasteiger charge is 2.67. The highest BCUT2D eigenvalue weighted by Crippen LogP contribution is 2.60. The minimum Gasteiger partial charge on any atom is -0.466 e. The van der Waals surface area contributed by atoms with Crippen molar-refractivity contribution >= 4 is 23.3 Å². The predicted octanol–water partition coefficient (Wildman–Crippen LogP) is 2.05. The van der Waals surface area contributed by atoms with Crippen LogP contribution < -0.4 is 5.32 Å². The zero-order valence-corrected chi connectivity index (χ0v) is 13.0. The van der Waals surface area contributed by atoms with E-state index in [1.54, 1.807) is 6.92 Å². The summed E-state index contributed by atoms with van der Waals surface area (Å²) in [5, 5.41) is 2.93. The minimum absolute atomic E-state index is 0.0992. The molecule has 1 aliphatic heterocycles. The Morgan fingerprint density at radius 2 is 2.09 bits per heavy atom. The number of hydrogen-bond donors (Lipinski definition) is 1. The van der Waals surface area contributed by atoms with E-state index in [9.17, 15) is 14.4 Å². The number of amides is 1. The molecule has 23 heavy (non-hydrogen) atoms. The summed E-state index contributed by atoms with van der Waals surface area (Å²) in [5.41, 5.74) is 0.664. The third-order valence-corrected chi connectivity index (χ3v) is 5.76. The number of carbonyl (C=O) groups excluding carboxylic acids is 3. The first-order chi connectivity index (χ1) is 11.1. The number of hydrogen-bond acceptors (Lipinski definition) is 4. The summed E-state index contributed by atoms with van der Waals surface area (Å²) in [6.07, 6.45) is 1.85. The number of nitrogens with one attached hydrogen (secondary N) is 1. The Labute approximate surface area is 134 Å². The number of ketones is 1. The van der Waals surface area contributed by atoms with Crippen LogP contribution in [0.15, 0.2) is 24.3 Å². The summed E-state index contributed by atoms with van der Waals surface area (Å²) in [4.78, 5) is 38.1. The van der Waals surface area contributed by atoms with E-state index in [-0.39, 0.29) is 24.2 Å². The molecule has 1 spiro atoms. The Hall–Kier alpha value is -2.17. The van der Waals surface area contributed by atoms with E-state index in [1.807, 2.05) is 24.3 Å². The molecular weight excluding hydrogens is 294 g/mol. The fourth-order valence-corrected chi connectivity index (χ4v) is 4.95. The number of anilines is 1. The number of benzene rings is 1. The van der Waals surface area contributed by atoms with E-state index in [0.717, 1.165) is 17.7 Å². The van der Waals surface area contributed by atoms with Crippen molar-refractivity contribution in [1.29, 1.82) is 0 Å². The zero-order valence-electron chi connectivity index (χ0n) is 13.0. The number of ether oxygens (including phenoxy) is 1. The van der Waals surface area contributed by atoms with Crippen LogP contribution in [0.4, 0.5) is 5.69 Å². The summed E-state index contributed by atoms with van der Waals surface area (Å²) in [6.45, 7) is 2.00. The lowest BCUT2D eigenvalue weighted by Gasteiger charge is -2.52. The Morgan fingerprint density at radius 1 is 1.30 bits per heavy atom. The molecule has 3 aliphatic carbocycles. The van der Waals surface area contributed by atoms with Gasteiger partial charge in [-0.15, -0.1) is 0 Å². The normalized spacial score (nSPS) is 34.4. The number of carbonyl (C=O) groups is 3. The van der Waals surface area contributed by atoms with Gasteiger partial charge in [0.25, 0.3) is 0 Å². The van der Waals surface area contributed by atoms with Crippen molar-refractivity contribution in [2.45, 2.75) is 31.6 Å². The Bertz CT molecular complexity index is 713. The topological polar surface area (TPSA) is 72.5 Å². The standard InChI is InChI=1S/C18H19NO4/c1-2-23-16(21)15-11-8-7-10(9-14(11)20)18(15)12-5-3-4-6-13(12)19-17(18)22/h3-6,10-11,15H,2,7-9H2,1H3,(H,19,22)/t10-,11+,15+,18-/m1/s1. The van der Waals surface area contributed by atoms with Crippen molar-refractivity contribution in [3.63, 3.8) is 0 Å². The molecule has 0 saturated heterocycles. The third-order valence-electron chi connectivity index (χ3n) is 5.76. The van der Waals surface area contributed by atoms with Gasteiger partial charge < -0.3 is 10.1 Å². The summed E-state index contributed by atoms with van der Waals surface area (Å²) in [5.74, 6) is -1.71. The summed E-state index contributed by atoms with van der Waals surface area (Å²) in [7, 11) is 0. The molecule has 0 unspecified atom stereocenters. The first kappa shape index (κ1) is 14.4. The van der Waals surface area contributed by atoms with E-state index in [0.29, 0.717) is 12.8 Å². The Morgan fingerprint density at radius 3 is 2.83 bits per heavy atom. The van der Waals surface area contributed by atoms with E-state index in [1.165, 1.54) is 0 Å². The molecule has 1 aromatic carbocycles. The van der Waals surface area contributed by atoms with Crippen molar-refractivity contribution < 1.29 is 19.1 Å². The van der Waals surface area contributed by atoms with Gasteiger partial charge in [-0.05, 0) is 37.3 Å². The number of para-hydroxylation sites is 1. The summed E-state index contributed by atoms with van der Waals surface area (Å²) >= 11 is 0. The molecule has 0 aromatic heterocycles. The molecule has 1 aromatic rings. The van der Waals surface area contributed by atoms with Gasteiger partial charge in [-0.25, -0.2) is 0 Å². The maximum Gasteiger partial charge on any atom is 0.311 e. The van der Waals surface area contributed by atoms with E-state index < -0.39 is 23.2 Å². The molecular formula is C18H19NO4. The molecule has 0 radical (unpaired) electrons. The fraction of sp³-hybridized carbons (Fsp3) is 0.500. The fourth-order valence-electron chi connectivity index (χ4n) is 4.95. The molecule has 4 aliphatic rings. The van der Waals surface area contributed by atoms with Crippen LogP contribution in [0.25, 0.3) is 0 Å². The van der Waals surface area contributed by atoms with Gasteiger partial charge in [-0.3, -0.25) is 14.4 Å². The number of rotatable bonds is 2. The zero-order chi connectivity index (χ0) is 16.2. The van der Waals surface area contributed by atoms with Gasteiger partial charge in [0.05, 0.1) is 17.9 Å². The van der Waals surface area contributed by atoms with Crippen LogP contribution in [-0.4, -0.2) is 24.3 Å². The van der Waals surface area contributed by atoms with Crippen molar-refractivity contribution in [3.05, 3.63) is 29.8 Å². The van der Waals surface area contributed by atoms with E-state index in [4.69, 9.17) is 4.74 Å². The van der Waals surface area contributed by atoms with Crippen LogP contribution in [0.2, 0.25) is 0 Å². The van der Waals surface area contributed by atoms with Crippen LogP contribution in [0.5, 0.6) is 0 Å². The maximum absolute atomic E-state index is 13.0. The number of esters is 1. The molecule has 5 nitrogen and oxygen atoms in total. The minimum atomic E-state index is -0.945. The Kier molecular flexibility index (Phi) is 3.08. The van der Waals surface area contributed by atoms with Gasteiger partial charge in [0.15, 0.2) is 0 Å². The lowest BCUT2D eigenvalue weighted by atomic mass is 9.48. The van der Waals surface area contributed by atoms with Gasteiger partial charge in [-0.2, -0.15) is 0 Å². The molecule has 2 bridgehead atoms. The second-order valence-electron chi connectivity index (χ2n) is 6.65. The molecule has 5 rings (SSSR count). The van der Waals surface area contributed by atoms with Gasteiger partial charge in [-0.1, -0.05) is 18.2 Å². The predicted molar refractivity (Wildman–Crippen MR) is 82.7 cm³/mol. The number of Topliss-reactive ketones (excluding diaryl/α,β-unsaturated/α-hetero) is 1. The van der Waals surface area contributed by atoms with E-state index in [2.05, 4.69) is 5.32 Å². The number of fused-ring (bicyclic) bond motifs is 3.